The van der Waals surface area contributed by atoms with Gasteiger partial charge in [-0.25, -0.2) is 0 Å². The highest BCUT2D eigenvalue weighted by Gasteiger charge is 2.45. The van der Waals surface area contributed by atoms with Crippen molar-refractivity contribution < 1.29 is 28.6 Å². The van der Waals surface area contributed by atoms with Crippen LogP contribution in [0, 0.1) is 0 Å². The molecule has 0 bridgehead atoms. The van der Waals surface area contributed by atoms with E-state index in [4.69, 9.17) is 30.5 Å². The van der Waals surface area contributed by atoms with Crippen LogP contribution in [-0.4, -0.2) is 44.8 Å². The van der Waals surface area contributed by atoms with Gasteiger partial charge in [0.25, 0.3) is 5.91 Å². The van der Waals surface area contributed by atoms with Crippen molar-refractivity contribution in [1.82, 2.24) is 0 Å². The van der Waals surface area contributed by atoms with Gasteiger partial charge in [0.05, 0.1) is 39.1 Å². The summed E-state index contributed by atoms with van der Waals surface area (Å²) < 4.78 is 22.5. The van der Waals surface area contributed by atoms with Gasteiger partial charge >= 0.3 is 0 Å². The second kappa shape index (κ2) is 8.07. The molecular formula is C22H24ClN2O5+. The molecule has 0 aliphatic carbocycles. The van der Waals surface area contributed by atoms with Gasteiger partial charge in [0.2, 0.25) is 6.79 Å². The van der Waals surface area contributed by atoms with Gasteiger partial charge in [-0.05, 0) is 24.3 Å². The Morgan fingerprint density at radius 1 is 1.00 bits per heavy atom. The third-order valence-corrected chi connectivity index (χ3v) is 6.23. The number of hydrogen-bond donors (Lipinski definition) is 2. The fourth-order valence-corrected chi connectivity index (χ4v) is 4.57. The van der Waals surface area contributed by atoms with Gasteiger partial charge in [-0.1, -0.05) is 23.7 Å². The van der Waals surface area contributed by atoms with E-state index in [-0.39, 0.29) is 18.7 Å². The van der Waals surface area contributed by atoms with E-state index in [1.807, 2.05) is 36.4 Å². The lowest BCUT2D eigenvalue weighted by atomic mass is 9.97. The van der Waals surface area contributed by atoms with Crippen LogP contribution in [0.2, 0.25) is 5.02 Å². The number of amides is 1. The Morgan fingerprint density at radius 2 is 1.70 bits per heavy atom. The molecule has 2 N–H and O–H groups in total. The Morgan fingerprint density at radius 3 is 2.43 bits per heavy atom. The van der Waals surface area contributed by atoms with E-state index in [1.165, 1.54) is 4.90 Å². The van der Waals surface area contributed by atoms with Crippen molar-refractivity contribution >= 4 is 23.2 Å². The average Bonchev–Trinajstić information content (AvgIpc) is 3.40. The molecule has 1 spiro atoms. The number of rotatable bonds is 4. The first-order chi connectivity index (χ1) is 14.6. The lowest BCUT2D eigenvalue weighted by molar-refractivity contribution is -0.930. The van der Waals surface area contributed by atoms with Crippen LogP contribution in [0.3, 0.4) is 0 Å². The number of quaternary nitrogens is 1. The molecule has 3 heterocycles. The maximum atomic E-state index is 13.4. The van der Waals surface area contributed by atoms with E-state index >= 15 is 0 Å². The first kappa shape index (κ1) is 19.6. The highest BCUT2D eigenvalue weighted by atomic mass is 35.5. The fourth-order valence-electron chi connectivity index (χ4n) is 4.44. The van der Waals surface area contributed by atoms with Crippen LogP contribution in [-0.2, 0) is 14.3 Å². The van der Waals surface area contributed by atoms with Gasteiger partial charge in [-0.2, -0.15) is 0 Å². The molecule has 3 aliphatic heterocycles. The number of fused-ring (bicyclic) bond motifs is 1. The third-order valence-electron chi connectivity index (χ3n) is 5.98. The standard InChI is InChI=1S/C22H23ClN2O5/c23-16-3-1-15(2-4-16)20(25-9-7-22(8-10-25)29-11-12-30-22)21(26)24-17-5-6-18-19(13-17)28-14-27-18/h1-6,13,20H,7-12,14H2,(H,24,26)/p+1. The smallest absolute Gasteiger partial charge is 0.287 e. The largest absolute Gasteiger partial charge is 0.454 e. The molecule has 158 valence electrons. The van der Waals surface area contributed by atoms with Gasteiger partial charge in [-0.3, -0.25) is 4.79 Å². The summed E-state index contributed by atoms with van der Waals surface area (Å²) in [7, 11) is 0. The Bertz CT molecular complexity index is 920. The van der Waals surface area contributed by atoms with Gasteiger partial charge in [-0.15, -0.1) is 0 Å². The molecule has 2 fully saturated rings. The molecule has 0 aromatic heterocycles. The first-order valence-electron chi connectivity index (χ1n) is 10.2. The zero-order valence-corrected chi connectivity index (χ0v) is 17.2. The minimum atomic E-state index is -0.470. The van der Waals surface area contributed by atoms with Crippen molar-refractivity contribution in [2.45, 2.75) is 24.7 Å². The second-order valence-electron chi connectivity index (χ2n) is 7.81. The summed E-state index contributed by atoms with van der Waals surface area (Å²) in [6.07, 6.45) is 1.54. The molecule has 7 nitrogen and oxygen atoms in total. The summed E-state index contributed by atoms with van der Waals surface area (Å²) in [5.41, 5.74) is 1.61. The quantitative estimate of drug-likeness (QED) is 0.776. The van der Waals surface area contributed by atoms with Crippen LogP contribution in [0.25, 0.3) is 0 Å². The van der Waals surface area contributed by atoms with Crippen molar-refractivity contribution in [3.05, 3.63) is 53.1 Å². The molecule has 1 unspecified atom stereocenters. The zero-order chi connectivity index (χ0) is 20.6. The molecule has 30 heavy (non-hydrogen) atoms. The van der Waals surface area contributed by atoms with Crippen molar-refractivity contribution in [2.75, 3.05) is 38.4 Å². The molecule has 8 heteroatoms. The Labute approximate surface area is 179 Å². The normalized spacial score (nSPS) is 21.0. The number of halogens is 1. The molecular weight excluding hydrogens is 408 g/mol. The number of benzene rings is 2. The number of carbonyl (C=O) groups excluding carboxylic acids is 1. The molecule has 1 atom stereocenters. The molecule has 0 saturated carbocycles. The summed E-state index contributed by atoms with van der Waals surface area (Å²) in [5.74, 6) is 0.779. The summed E-state index contributed by atoms with van der Waals surface area (Å²) in [6.45, 7) is 3.04. The summed E-state index contributed by atoms with van der Waals surface area (Å²) >= 11 is 6.08. The molecule has 0 radical (unpaired) electrons. The van der Waals surface area contributed by atoms with E-state index in [0.29, 0.717) is 35.4 Å². The van der Waals surface area contributed by atoms with Gasteiger partial charge in [0.1, 0.15) is 0 Å². The molecule has 2 saturated heterocycles. The summed E-state index contributed by atoms with van der Waals surface area (Å²) in [4.78, 5) is 14.6. The summed E-state index contributed by atoms with van der Waals surface area (Å²) in [6, 6.07) is 12.6. The molecule has 3 aliphatic rings. The lowest BCUT2D eigenvalue weighted by Crippen LogP contribution is -3.15. The monoisotopic (exact) mass is 431 g/mol. The van der Waals surface area contributed by atoms with Gasteiger partial charge in [0, 0.05) is 22.3 Å². The van der Waals surface area contributed by atoms with Crippen LogP contribution in [0.15, 0.2) is 42.5 Å². The van der Waals surface area contributed by atoms with Gasteiger partial charge in [0.15, 0.2) is 23.3 Å². The average molecular weight is 432 g/mol. The number of hydrogen-bond acceptors (Lipinski definition) is 5. The number of anilines is 1. The van der Waals surface area contributed by atoms with E-state index in [0.717, 1.165) is 31.5 Å². The van der Waals surface area contributed by atoms with E-state index in [9.17, 15) is 4.79 Å². The molecule has 5 rings (SSSR count). The highest BCUT2D eigenvalue weighted by molar-refractivity contribution is 6.30. The van der Waals surface area contributed by atoms with Crippen LogP contribution in [0.1, 0.15) is 24.4 Å². The van der Waals surface area contributed by atoms with E-state index < -0.39 is 5.79 Å². The topological polar surface area (TPSA) is 70.5 Å². The predicted molar refractivity (Wildman–Crippen MR) is 110 cm³/mol. The Kier molecular flexibility index (Phi) is 5.28. The maximum Gasteiger partial charge on any atom is 0.287 e. The predicted octanol–water partition coefficient (Wildman–Crippen LogP) is 2.17. The van der Waals surface area contributed by atoms with Crippen LogP contribution < -0.4 is 19.7 Å². The highest BCUT2D eigenvalue weighted by Crippen LogP contribution is 2.34. The zero-order valence-electron chi connectivity index (χ0n) is 16.5. The van der Waals surface area contributed by atoms with Crippen molar-refractivity contribution in [2.24, 2.45) is 0 Å². The number of piperidine rings is 1. The number of likely N-dealkylation sites (tertiary alicyclic amines) is 1. The maximum absolute atomic E-state index is 13.4. The second-order valence-corrected chi connectivity index (χ2v) is 8.24. The molecule has 2 aromatic rings. The van der Waals surface area contributed by atoms with Crippen LogP contribution in [0.4, 0.5) is 5.69 Å². The van der Waals surface area contributed by atoms with E-state index in [1.54, 1.807) is 6.07 Å². The summed E-state index contributed by atoms with van der Waals surface area (Å²) in [5, 5.41) is 3.70. The fraction of sp³-hybridized carbons (Fsp3) is 0.409. The Balaban J connectivity index is 1.37. The van der Waals surface area contributed by atoms with Crippen molar-refractivity contribution in [1.29, 1.82) is 0 Å². The minimum Gasteiger partial charge on any atom is -0.454 e. The van der Waals surface area contributed by atoms with Crippen molar-refractivity contribution in [3.8, 4) is 11.5 Å². The third kappa shape index (κ3) is 3.86. The number of nitrogens with one attached hydrogen (secondary N) is 2. The first-order valence-corrected chi connectivity index (χ1v) is 10.6. The number of ether oxygens (including phenoxy) is 4. The van der Waals surface area contributed by atoms with Crippen molar-refractivity contribution in [3.63, 3.8) is 0 Å². The molecule has 1 amide bonds. The van der Waals surface area contributed by atoms with Gasteiger partial charge < -0.3 is 29.2 Å². The Hall–Kier alpha value is -2.32. The SMILES string of the molecule is O=C(Nc1ccc2c(c1)OCO2)C(c1ccc(Cl)cc1)[NH+]1CCC2(CC1)OCCO2. The molecule has 2 aromatic carbocycles. The van der Waals surface area contributed by atoms with Crippen LogP contribution >= 0.6 is 11.6 Å². The van der Waals surface area contributed by atoms with E-state index in [2.05, 4.69) is 5.32 Å². The lowest BCUT2D eigenvalue weighted by Gasteiger charge is -2.38. The number of carbonyl (C=O) groups is 1. The minimum absolute atomic E-state index is 0.0737. The van der Waals surface area contributed by atoms with Crippen LogP contribution in [0.5, 0.6) is 11.5 Å².